The molecule has 0 bridgehead atoms. The molecular formula is C20H32F2IN5O. The number of ether oxygens (including phenoxy) is 1. The quantitative estimate of drug-likeness (QED) is 0.249. The highest BCUT2D eigenvalue weighted by molar-refractivity contribution is 14.0. The van der Waals surface area contributed by atoms with Crippen molar-refractivity contribution in [2.45, 2.75) is 25.8 Å². The molecule has 0 aliphatic carbocycles. The van der Waals surface area contributed by atoms with Gasteiger partial charge in [-0.1, -0.05) is 0 Å². The van der Waals surface area contributed by atoms with Gasteiger partial charge in [-0.05, 0) is 31.9 Å². The van der Waals surface area contributed by atoms with Crippen molar-refractivity contribution < 1.29 is 13.5 Å². The third-order valence-electron chi connectivity index (χ3n) is 5.13. The molecule has 9 heteroatoms. The molecule has 1 unspecified atom stereocenters. The van der Waals surface area contributed by atoms with Crippen molar-refractivity contribution in [2.75, 3.05) is 63.9 Å². The number of benzene rings is 1. The third kappa shape index (κ3) is 7.53. The van der Waals surface area contributed by atoms with Gasteiger partial charge in [0.2, 0.25) is 0 Å². The van der Waals surface area contributed by atoms with E-state index in [9.17, 15) is 8.78 Å². The highest BCUT2D eigenvalue weighted by Gasteiger charge is 2.25. The van der Waals surface area contributed by atoms with Crippen molar-refractivity contribution in [2.24, 2.45) is 4.99 Å². The van der Waals surface area contributed by atoms with Gasteiger partial charge >= 0.3 is 0 Å². The highest BCUT2D eigenvalue weighted by Crippen LogP contribution is 2.24. The minimum Gasteiger partial charge on any atom is -0.379 e. The molecule has 2 aliphatic heterocycles. The second kappa shape index (κ2) is 12.5. The average Bonchev–Trinajstić information content (AvgIpc) is 3.14. The zero-order valence-corrected chi connectivity index (χ0v) is 19.3. The van der Waals surface area contributed by atoms with E-state index >= 15 is 0 Å². The van der Waals surface area contributed by atoms with Crippen molar-refractivity contribution in [3.8, 4) is 0 Å². The molecule has 2 N–H and O–H groups in total. The molecule has 0 amide bonds. The lowest BCUT2D eigenvalue weighted by molar-refractivity contribution is 0.0377. The Bertz CT molecular complexity index is 658. The molecule has 6 nitrogen and oxygen atoms in total. The molecule has 1 atom stereocenters. The number of rotatable bonds is 7. The van der Waals surface area contributed by atoms with E-state index in [1.54, 1.807) is 0 Å². The van der Waals surface area contributed by atoms with E-state index in [0.717, 1.165) is 77.3 Å². The maximum Gasteiger partial charge on any atom is 0.191 e. The fourth-order valence-electron chi connectivity index (χ4n) is 3.66. The number of hydrogen-bond acceptors (Lipinski definition) is 4. The second-order valence-electron chi connectivity index (χ2n) is 7.24. The summed E-state index contributed by atoms with van der Waals surface area (Å²) in [4.78, 5) is 9.04. The van der Waals surface area contributed by atoms with Crippen LogP contribution in [0.4, 0.5) is 14.5 Å². The smallest absolute Gasteiger partial charge is 0.191 e. The van der Waals surface area contributed by atoms with Crippen LogP contribution in [-0.4, -0.2) is 75.9 Å². The summed E-state index contributed by atoms with van der Waals surface area (Å²) in [6, 6.07) is 3.94. The maximum atomic E-state index is 14.0. The Labute approximate surface area is 189 Å². The molecule has 164 valence electrons. The molecule has 3 rings (SSSR count). The van der Waals surface area contributed by atoms with Gasteiger partial charge in [-0.25, -0.2) is 8.78 Å². The predicted molar refractivity (Wildman–Crippen MR) is 123 cm³/mol. The van der Waals surface area contributed by atoms with E-state index < -0.39 is 11.6 Å². The topological polar surface area (TPSA) is 52.1 Å². The van der Waals surface area contributed by atoms with E-state index in [1.165, 1.54) is 12.1 Å². The molecule has 0 radical (unpaired) electrons. The zero-order valence-electron chi connectivity index (χ0n) is 17.0. The molecule has 2 fully saturated rings. The normalized spacial score (nSPS) is 20.4. The molecule has 2 saturated heterocycles. The first-order valence-electron chi connectivity index (χ1n) is 10.2. The van der Waals surface area contributed by atoms with E-state index in [-0.39, 0.29) is 30.0 Å². The van der Waals surface area contributed by atoms with Gasteiger partial charge < -0.3 is 20.3 Å². The summed E-state index contributed by atoms with van der Waals surface area (Å²) in [7, 11) is 0. The van der Waals surface area contributed by atoms with Gasteiger partial charge in [0.1, 0.15) is 11.6 Å². The Morgan fingerprint density at radius 1 is 1.24 bits per heavy atom. The first kappa shape index (κ1) is 24.1. The number of halogens is 3. The number of aliphatic imine (C=N–C) groups is 1. The summed E-state index contributed by atoms with van der Waals surface area (Å²) >= 11 is 0. The molecule has 2 aliphatic rings. The van der Waals surface area contributed by atoms with E-state index in [1.807, 2.05) is 11.8 Å². The zero-order chi connectivity index (χ0) is 19.8. The van der Waals surface area contributed by atoms with Crippen LogP contribution in [0.25, 0.3) is 0 Å². The number of guanidine groups is 1. The van der Waals surface area contributed by atoms with Gasteiger partial charge in [0.05, 0.1) is 18.9 Å². The van der Waals surface area contributed by atoms with Gasteiger partial charge in [0.15, 0.2) is 5.96 Å². The Hall–Kier alpha value is -1.20. The Balaban J connectivity index is 0.00000300. The molecule has 2 heterocycles. The van der Waals surface area contributed by atoms with Crippen molar-refractivity contribution in [1.29, 1.82) is 0 Å². The lowest BCUT2D eigenvalue weighted by Crippen LogP contribution is -2.44. The predicted octanol–water partition coefficient (Wildman–Crippen LogP) is 2.44. The van der Waals surface area contributed by atoms with E-state index in [0.29, 0.717) is 12.2 Å². The molecule has 1 aromatic rings. The number of hydrogen-bond donors (Lipinski definition) is 2. The molecule has 0 saturated carbocycles. The van der Waals surface area contributed by atoms with Gasteiger partial charge in [-0.2, -0.15) is 0 Å². The average molecular weight is 523 g/mol. The van der Waals surface area contributed by atoms with Crippen molar-refractivity contribution in [3.05, 3.63) is 29.8 Å². The van der Waals surface area contributed by atoms with Crippen LogP contribution in [0.2, 0.25) is 0 Å². The first-order chi connectivity index (χ1) is 13.7. The summed E-state index contributed by atoms with van der Waals surface area (Å²) in [6.45, 7) is 9.67. The van der Waals surface area contributed by atoms with Crippen LogP contribution in [0.15, 0.2) is 23.2 Å². The largest absolute Gasteiger partial charge is 0.379 e. The highest BCUT2D eigenvalue weighted by atomic mass is 127. The van der Waals surface area contributed by atoms with Crippen LogP contribution in [0.1, 0.15) is 19.8 Å². The van der Waals surface area contributed by atoms with Gasteiger partial charge in [0, 0.05) is 57.9 Å². The number of nitrogens with one attached hydrogen (secondary N) is 2. The Morgan fingerprint density at radius 3 is 2.76 bits per heavy atom. The molecule has 1 aromatic carbocycles. The van der Waals surface area contributed by atoms with Gasteiger partial charge in [-0.15, -0.1) is 24.0 Å². The van der Waals surface area contributed by atoms with Crippen LogP contribution >= 0.6 is 24.0 Å². The summed E-state index contributed by atoms with van der Waals surface area (Å²) in [5.74, 6) is -0.256. The van der Waals surface area contributed by atoms with Crippen LogP contribution < -0.4 is 15.5 Å². The lowest BCUT2D eigenvalue weighted by Gasteiger charge is -2.26. The van der Waals surface area contributed by atoms with E-state index in [2.05, 4.69) is 20.5 Å². The van der Waals surface area contributed by atoms with Crippen molar-refractivity contribution >= 4 is 35.6 Å². The Kier molecular flexibility index (Phi) is 10.4. The van der Waals surface area contributed by atoms with Crippen molar-refractivity contribution in [1.82, 2.24) is 15.5 Å². The standard InChI is InChI=1S/C20H31F2N5O.HI/c1-2-23-20(24-7-3-8-26-10-12-28-13-11-26)25-17-6-9-27(15-17)19-5-4-16(21)14-18(19)22;/h4-5,14,17H,2-3,6-13,15H2,1H3,(H2,23,24,25);1H. The molecule has 0 spiro atoms. The van der Waals surface area contributed by atoms with Crippen LogP contribution in [0, 0.1) is 11.6 Å². The minimum atomic E-state index is -0.547. The van der Waals surface area contributed by atoms with Crippen LogP contribution in [0.5, 0.6) is 0 Å². The SMILES string of the molecule is CCNC(=NCCCN1CCOCC1)NC1CCN(c2ccc(F)cc2F)C1.I. The second-order valence-corrected chi connectivity index (χ2v) is 7.24. The van der Waals surface area contributed by atoms with Gasteiger partial charge in [0.25, 0.3) is 0 Å². The summed E-state index contributed by atoms with van der Waals surface area (Å²) < 4.78 is 32.5. The molecular weight excluding hydrogens is 491 g/mol. The fourth-order valence-corrected chi connectivity index (χ4v) is 3.66. The number of morpholine rings is 1. The summed E-state index contributed by atoms with van der Waals surface area (Å²) in [5.41, 5.74) is 0.457. The summed E-state index contributed by atoms with van der Waals surface area (Å²) in [5, 5.41) is 6.74. The molecule has 0 aromatic heterocycles. The fraction of sp³-hybridized carbons (Fsp3) is 0.650. The van der Waals surface area contributed by atoms with Gasteiger partial charge in [-0.3, -0.25) is 9.89 Å². The first-order valence-corrected chi connectivity index (χ1v) is 10.2. The number of anilines is 1. The number of nitrogens with zero attached hydrogens (tertiary/aromatic N) is 3. The van der Waals surface area contributed by atoms with Crippen LogP contribution in [-0.2, 0) is 4.74 Å². The monoisotopic (exact) mass is 523 g/mol. The third-order valence-corrected chi connectivity index (χ3v) is 5.13. The van der Waals surface area contributed by atoms with Crippen LogP contribution in [0.3, 0.4) is 0 Å². The maximum absolute atomic E-state index is 14.0. The Morgan fingerprint density at radius 2 is 2.03 bits per heavy atom. The van der Waals surface area contributed by atoms with E-state index in [4.69, 9.17) is 4.74 Å². The summed E-state index contributed by atoms with van der Waals surface area (Å²) in [6.07, 6.45) is 1.89. The minimum absolute atomic E-state index is 0. The lowest BCUT2D eigenvalue weighted by atomic mass is 10.2. The van der Waals surface area contributed by atoms with Crippen molar-refractivity contribution in [3.63, 3.8) is 0 Å². The molecule has 29 heavy (non-hydrogen) atoms.